The van der Waals surface area contributed by atoms with Crippen molar-refractivity contribution < 1.29 is 0 Å². The molecule has 2 nitrogen and oxygen atoms in total. The van der Waals surface area contributed by atoms with E-state index in [-0.39, 0.29) is 0 Å². The van der Waals surface area contributed by atoms with Crippen LogP contribution in [0, 0.1) is 17.3 Å². The van der Waals surface area contributed by atoms with E-state index in [1.165, 1.54) is 30.9 Å². The van der Waals surface area contributed by atoms with E-state index < -0.39 is 0 Å². The van der Waals surface area contributed by atoms with Gasteiger partial charge in [0.15, 0.2) is 5.17 Å². The molecule has 0 aromatic rings. The summed E-state index contributed by atoms with van der Waals surface area (Å²) in [7, 11) is 0. The SMILES string of the molecule is CCC(CC)C1CN=C(NCC2(C(C)C)CC2)S1. The van der Waals surface area contributed by atoms with E-state index >= 15 is 0 Å². The fraction of sp³-hybridized carbons (Fsp3) is 0.933. The monoisotopic (exact) mass is 268 g/mol. The van der Waals surface area contributed by atoms with Gasteiger partial charge in [-0.05, 0) is 30.1 Å². The van der Waals surface area contributed by atoms with Crippen molar-refractivity contribution in [2.45, 2.75) is 58.6 Å². The van der Waals surface area contributed by atoms with Gasteiger partial charge in [0.25, 0.3) is 0 Å². The minimum Gasteiger partial charge on any atom is -0.364 e. The van der Waals surface area contributed by atoms with Gasteiger partial charge >= 0.3 is 0 Å². The van der Waals surface area contributed by atoms with Gasteiger partial charge in [0.2, 0.25) is 0 Å². The van der Waals surface area contributed by atoms with E-state index in [2.05, 4.69) is 33.0 Å². The van der Waals surface area contributed by atoms with Crippen molar-refractivity contribution in [3.8, 4) is 0 Å². The van der Waals surface area contributed by atoms with E-state index in [9.17, 15) is 0 Å². The zero-order valence-corrected chi connectivity index (χ0v) is 13.1. The first kappa shape index (κ1) is 14.2. The van der Waals surface area contributed by atoms with Crippen LogP contribution in [-0.4, -0.2) is 23.5 Å². The summed E-state index contributed by atoms with van der Waals surface area (Å²) in [6.07, 6.45) is 5.36. The van der Waals surface area contributed by atoms with E-state index in [0.29, 0.717) is 5.41 Å². The predicted octanol–water partition coefficient (Wildman–Crippen LogP) is 3.92. The molecule has 3 heteroatoms. The smallest absolute Gasteiger partial charge is 0.156 e. The number of amidine groups is 1. The normalized spacial score (nSPS) is 25.7. The van der Waals surface area contributed by atoms with Gasteiger partial charge in [0.05, 0.1) is 6.54 Å². The van der Waals surface area contributed by atoms with Crippen molar-refractivity contribution in [1.82, 2.24) is 5.32 Å². The van der Waals surface area contributed by atoms with Gasteiger partial charge in [-0.25, -0.2) is 0 Å². The molecule has 2 aliphatic rings. The van der Waals surface area contributed by atoms with Crippen LogP contribution < -0.4 is 5.32 Å². The van der Waals surface area contributed by atoms with Gasteiger partial charge in [-0.1, -0.05) is 52.3 Å². The van der Waals surface area contributed by atoms with E-state index in [1.807, 2.05) is 11.8 Å². The van der Waals surface area contributed by atoms with Crippen LogP contribution in [-0.2, 0) is 0 Å². The molecule has 0 spiro atoms. The highest BCUT2D eigenvalue weighted by molar-refractivity contribution is 8.14. The van der Waals surface area contributed by atoms with Crippen LogP contribution in [0.25, 0.3) is 0 Å². The molecule has 1 aliphatic carbocycles. The molecule has 0 aromatic carbocycles. The lowest BCUT2D eigenvalue weighted by atomic mass is 9.92. The lowest BCUT2D eigenvalue weighted by molar-refractivity contribution is 0.358. The van der Waals surface area contributed by atoms with Crippen LogP contribution in [0.5, 0.6) is 0 Å². The van der Waals surface area contributed by atoms with Gasteiger partial charge in [-0.3, -0.25) is 4.99 Å². The van der Waals surface area contributed by atoms with Crippen molar-refractivity contribution in [2.75, 3.05) is 13.1 Å². The first-order chi connectivity index (χ1) is 8.61. The second kappa shape index (κ2) is 5.85. The molecule has 1 heterocycles. The van der Waals surface area contributed by atoms with Gasteiger partial charge < -0.3 is 5.32 Å². The maximum absolute atomic E-state index is 4.69. The molecule has 2 rings (SSSR count). The summed E-state index contributed by atoms with van der Waals surface area (Å²) in [5, 5.41) is 5.54. The van der Waals surface area contributed by atoms with Gasteiger partial charge in [-0.15, -0.1) is 0 Å². The third-order valence-corrected chi connectivity index (χ3v) is 6.29. The molecular weight excluding hydrogens is 240 g/mol. The largest absolute Gasteiger partial charge is 0.364 e. The standard InChI is InChI=1S/C15H28N2S/c1-5-12(6-2)13-9-16-14(18-13)17-10-15(7-8-15)11(3)4/h11-13H,5-10H2,1-4H3,(H,16,17). The first-order valence-corrected chi connectivity index (χ1v) is 8.44. The van der Waals surface area contributed by atoms with Crippen molar-refractivity contribution in [3.63, 3.8) is 0 Å². The lowest BCUT2D eigenvalue weighted by Gasteiger charge is -2.21. The van der Waals surface area contributed by atoms with Crippen molar-refractivity contribution in [2.24, 2.45) is 22.2 Å². The molecule has 18 heavy (non-hydrogen) atoms. The van der Waals surface area contributed by atoms with Crippen molar-refractivity contribution in [3.05, 3.63) is 0 Å². The summed E-state index contributed by atoms with van der Waals surface area (Å²) < 4.78 is 0. The zero-order valence-electron chi connectivity index (χ0n) is 12.3. The maximum atomic E-state index is 4.69. The molecule has 1 aliphatic heterocycles. The van der Waals surface area contributed by atoms with E-state index in [4.69, 9.17) is 4.99 Å². The molecule has 1 fully saturated rings. The summed E-state index contributed by atoms with van der Waals surface area (Å²) in [6, 6.07) is 0. The highest BCUT2D eigenvalue weighted by atomic mass is 32.2. The molecule has 0 saturated heterocycles. The quantitative estimate of drug-likeness (QED) is 0.789. The molecule has 0 bridgehead atoms. The molecule has 1 N–H and O–H groups in total. The topological polar surface area (TPSA) is 24.4 Å². The van der Waals surface area contributed by atoms with Crippen LogP contribution in [0.3, 0.4) is 0 Å². The molecule has 1 unspecified atom stereocenters. The van der Waals surface area contributed by atoms with Crippen LogP contribution in [0.2, 0.25) is 0 Å². The summed E-state index contributed by atoms with van der Waals surface area (Å²) in [5.74, 6) is 1.63. The summed E-state index contributed by atoms with van der Waals surface area (Å²) in [4.78, 5) is 4.69. The van der Waals surface area contributed by atoms with Crippen molar-refractivity contribution >= 4 is 16.9 Å². The maximum Gasteiger partial charge on any atom is 0.156 e. The molecule has 0 aromatic heterocycles. The van der Waals surface area contributed by atoms with Crippen LogP contribution in [0.15, 0.2) is 4.99 Å². The summed E-state index contributed by atoms with van der Waals surface area (Å²) >= 11 is 1.99. The molecule has 104 valence electrons. The van der Waals surface area contributed by atoms with Crippen LogP contribution in [0.4, 0.5) is 0 Å². The highest BCUT2D eigenvalue weighted by Gasteiger charge is 2.45. The Bertz CT molecular complexity index is 304. The first-order valence-electron chi connectivity index (χ1n) is 7.56. The number of hydrogen-bond acceptors (Lipinski definition) is 3. The Morgan fingerprint density at radius 3 is 2.50 bits per heavy atom. The molecule has 0 radical (unpaired) electrons. The fourth-order valence-electron chi connectivity index (χ4n) is 2.92. The second-order valence-electron chi connectivity index (χ2n) is 6.25. The van der Waals surface area contributed by atoms with Gasteiger partial charge in [0, 0.05) is 11.8 Å². The van der Waals surface area contributed by atoms with Crippen LogP contribution >= 0.6 is 11.8 Å². The minimum absolute atomic E-state index is 0.579. The third-order valence-electron chi connectivity index (χ3n) is 4.96. The Morgan fingerprint density at radius 2 is 2.00 bits per heavy atom. The summed E-state index contributed by atoms with van der Waals surface area (Å²) in [5.41, 5.74) is 0.579. The Morgan fingerprint density at radius 1 is 1.33 bits per heavy atom. The molecule has 0 amide bonds. The summed E-state index contributed by atoms with van der Waals surface area (Å²) in [6.45, 7) is 11.5. The third kappa shape index (κ3) is 3.04. The van der Waals surface area contributed by atoms with E-state index in [1.54, 1.807) is 0 Å². The number of thioether (sulfide) groups is 1. The molecule has 1 atom stereocenters. The van der Waals surface area contributed by atoms with Crippen molar-refractivity contribution in [1.29, 1.82) is 0 Å². The number of nitrogens with zero attached hydrogens (tertiary/aromatic N) is 1. The average Bonchev–Trinajstić information content (AvgIpc) is 3.02. The number of rotatable bonds is 6. The van der Waals surface area contributed by atoms with E-state index in [0.717, 1.165) is 30.2 Å². The minimum atomic E-state index is 0.579. The lowest BCUT2D eigenvalue weighted by Crippen LogP contribution is -2.30. The molecular formula is C15H28N2S. The Hall–Kier alpha value is -0.180. The Kier molecular flexibility index (Phi) is 4.63. The molecule has 1 saturated carbocycles. The number of aliphatic imine (C=N–C) groups is 1. The number of hydrogen-bond donors (Lipinski definition) is 1. The average molecular weight is 268 g/mol. The zero-order chi connectivity index (χ0) is 13.2. The second-order valence-corrected chi connectivity index (χ2v) is 7.48. The van der Waals surface area contributed by atoms with Crippen LogP contribution in [0.1, 0.15) is 53.4 Å². The Balaban J connectivity index is 1.76. The highest BCUT2D eigenvalue weighted by Crippen LogP contribution is 2.51. The van der Waals surface area contributed by atoms with Gasteiger partial charge in [0.1, 0.15) is 0 Å². The fourth-order valence-corrected chi connectivity index (χ4v) is 4.24. The Labute approximate surface area is 116 Å². The predicted molar refractivity (Wildman–Crippen MR) is 82.3 cm³/mol. The number of nitrogens with one attached hydrogen (secondary N) is 1. The van der Waals surface area contributed by atoms with Gasteiger partial charge in [-0.2, -0.15) is 0 Å².